The van der Waals surface area contributed by atoms with Crippen LogP contribution in [0.15, 0.2) is 224 Å². The molecule has 13 rings (SSSR count). The van der Waals surface area contributed by atoms with E-state index in [1.807, 2.05) is 131 Å². The standard InChI is InChI=1S/C64H46N4O/c1-64(2,3)44-36-37-65-60(38-44)68-57-32-13-12-26-52(57)53-35-34-47(40-59(53)68)69-46-23-14-22-45(39-46)66-41-67-62-49(43-20-8-5-9-21-43)28-16-30-55(62)51-25-11-10-24-50(51)54-29-15-27-48(42-18-6-4-7-19-42)61(54)56-31-17-33-58(66)63(56)67/h4-40H,1-3H3/i4D,5D,6D,7D,8D,9D,18D,19D,20D,21D. The summed E-state index contributed by atoms with van der Waals surface area (Å²) < 4.78 is 102. The second-order valence-corrected chi connectivity index (χ2v) is 18.2. The van der Waals surface area contributed by atoms with Crippen LogP contribution in [-0.4, -0.2) is 14.1 Å². The van der Waals surface area contributed by atoms with E-state index in [1.54, 1.807) is 12.1 Å². The van der Waals surface area contributed by atoms with Crippen LogP contribution in [0.25, 0.3) is 106 Å². The first kappa shape index (κ1) is 31.2. The molecule has 0 spiro atoms. The zero-order valence-corrected chi connectivity index (χ0v) is 37.8. The fourth-order valence-corrected chi connectivity index (χ4v) is 10.0. The van der Waals surface area contributed by atoms with Crippen LogP contribution in [-0.2, 0) is 5.41 Å². The normalized spacial score (nSPS) is 14.0. The molecule has 1 aliphatic heterocycles. The van der Waals surface area contributed by atoms with Gasteiger partial charge in [0.1, 0.15) is 17.3 Å². The maximum Gasteiger partial charge on any atom is 0.269 e. The highest BCUT2D eigenvalue weighted by molar-refractivity contribution is 6.10. The van der Waals surface area contributed by atoms with Gasteiger partial charge in [-0.3, -0.25) is 13.7 Å². The molecule has 0 saturated carbocycles. The van der Waals surface area contributed by atoms with E-state index in [0.29, 0.717) is 67.3 Å². The van der Waals surface area contributed by atoms with E-state index in [4.69, 9.17) is 17.9 Å². The number of imidazole rings is 1. The molecule has 3 aromatic heterocycles. The number of hydrogen-bond acceptors (Lipinski definition) is 2. The average molecular weight is 897 g/mol. The smallest absolute Gasteiger partial charge is 0.269 e. The van der Waals surface area contributed by atoms with Gasteiger partial charge in [-0.2, -0.15) is 0 Å². The number of pyridine rings is 1. The largest absolute Gasteiger partial charge is 0.458 e. The van der Waals surface area contributed by atoms with E-state index in [1.165, 1.54) is 0 Å². The molecule has 5 heteroatoms. The topological polar surface area (TPSA) is 35.9 Å². The van der Waals surface area contributed by atoms with Crippen LogP contribution in [0.3, 0.4) is 0 Å². The molecule has 0 saturated heterocycles. The van der Waals surface area contributed by atoms with Crippen LogP contribution in [0.4, 0.5) is 0 Å². The van der Waals surface area contributed by atoms with Crippen LogP contribution in [0.5, 0.6) is 11.5 Å². The molecule has 12 aromatic rings. The minimum absolute atomic E-state index is 0.000265. The molecule has 0 radical (unpaired) electrons. The number of para-hydroxylation sites is 3. The molecular weight excluding hydrogens is 841 g/mol. The number of hydrogen-bond donors (Lipinski definition) is 0. The van der Waals surface area contributed by atoms with Crippen molar-refractivity contribution >= 4 is 32.8 Å². The second kappa shape index (κ2) is 15.9. The number of benzene rings is 9. The van der Waals surface area contributed by atoms with Crippen LogP contribution < -0.4 is 9.30 Å². The third kappa shape index (κ3) is 6.69. The molecule has 0 bridgehead atoms. The minimum atomic E-state index is -0.513. The van der Waals surface area contributed by atoms with E-state index < -0.39 is 36.3 Å². The monoisotopic (exact) mass is 896 g/mol. The van der Waals surface area contributed by atoms with Gasteiger partial charge in [-0.15, -0.1) is 0 Å². The van der Waals surface area contributed by atoms with Crippen molar-refractivity contribution in [2.45, 2.75) is 26.2 Å². The molecule has 0 fully saturated rings. The number of fused-ring (bicyclic) bond motifs is 10. The Bertz CT molecular complexity index is 4540. The van der Waals surface area contributed by atoms with Crippen LogP contribution in [0.1, 0.15) is 40.0 Å². The Labute approximate surface area is 415 Å². The summed E-state index contributed by atoms with van der Waals surface area (Å²) >= 11 is 0. The molecule has 9 aromatic carbocycles. The molecule has 69 heavy (non-hydrogen) atoms. The van der Waals surface area contributed by atoms with Crippen molar-refractivity contribution in [1.29, 1.82) is 0 Å². The minimum Gasteiger partial charge on any atom is -0.458 e. The summed E-state index contributed by atoms with van der Waals surface area (Å²) in [5, 5.41) is 2.13. The lowest BCUT2D eigenvalue weighted by atomic mass is 9.84. The molecule has 0 atom stereocenters. The Balaban J connectivity index is 1.07. The van der Waals surface area contributed by atoms with Gasteiger partial charge < -0.3 is 4.74 Å². The SMILES string of the molecule is [2H]c1c([2H])c([2H])c(-c2cccc3c2-c2cccc4c2[n+]([c-]n4-c2cccc(Oc4ccc5c6ccccc6n(-c6cc(C(C)(C)C)ccn6)c5c4)c2)-c2c(cccc2-c2c([2H])c([2H])c([2H])c([2H])c2[2H])-c2ccccc2-3)c([2H])c1[2H]. The van der Waals surface area contributed by atoms with E-state index in [2.05, 4.69) is 62.0 Å². The van der Waals surface area contributed by atoms with E-state index in [-0.39, 0.29) is 40.7 Å². The third-order valence-corrected chi connectivity index (χ3v) is 13.1. The maximum absolute atomic E-state index is 9.30. The van der Waals surface area contributed by atoms with Crippen LogP contribution in [0, 0.1) is 6.33 Å². The first-order valence-corrected chi connectivity index (χ1v) is 22.8. The Morgan fingerprint density at radius 1 is 0.522 bits per heavy atom. The molecule has 0 aliphatic carbocycles. The van der Waals surface area contributed by atoms with Crippen molar-refractivity contribution in [2.24, 2.45) is 0 Å². The predicted octanol–water partition coefficient (Wildman–Crippen LogP) is 15.9. The summed E-state index contributed by atoms with van der Waals surface area (Å²) in [5.74, 6) is 1.91. The van der Waals surface area contributed by atoms with Gasteiger partial charge in [-0.05, 0) is 115 Å². The lowest BCUT2D eigenvalue weighted by Gasteiger charge is -2.20. The average Bonchev–Trinajstić information content (AvgIpc) is 4.04. The van der Waals surface area contributed by atoms with Crippen molar-refractivity contribution in [3.05, 3.63) is 236 Å². The van der Waals surface area contributed by atoms with Crippen molar-refractivity contribution in [3.63, 3.8) is 0 Å². The van der Waals surface area contributed by atoms with Gasteiger partial charge in [0.25, 0.3) is 6.33 Å². The molecule has 328 valence electrons. The molecular formula is C64H46N4O. The van der Waals surface area contributed by atoms with Gasteiger partial charge in [-0.25, -0.2) is 4.98 Å². The van der Waals surface area contributed by atoms with Crippen LogP contribution >= 0.6 is 0 Å². The number of rotatable bonds is 6. The zero-order valence-electron chi connectivity index (χ0n) is 47.8. The first-order valence-electron chi connectivity index (χ1n) is 27.8. The molecule has 5 nitrogen and oxygen atoms in total. The molecule has 4 heterocycles. The van der Waals surface area contributed by atoms with Gasteiger partial charge in [0.05, 0.1) is 47.1 Å². The zero-order chi connectivity index (χ0) is 54.9. The van der Waals surface area contributed by atoms with Crippen LogP contribution in [0.2, 0.25) is 0 Å². The van der Waals surface area contributed by atoms with E-state index >= 15 is 0 Å². The Morgan fingerprint density at radius 2 is 1.13 bits per heavy atom. The molecule has 0 unspecified atom stereocenters. The maximum atomic E-state index is 9.30. The Morgan fingerprint density at radius 3 is 1.93 bits per heavy atom. The highest BCUT2D eigenvalue weighted by atomic mass is 16.5. The molecule has 0 amide bonds. The summed E-state index contributed by atoms with van der Waals surface area (Å²) in [6.07, 6.45) is 5.54. The van der Waals surface area contributed by atoms with Crippen molar-refractivity contribution in [3.8, 4) is 84.3 Å². The third-order valence-electron chi connectivity index (χ3n) is 13.1. The van der Waals surface area contributed by atoms with Gasteiger partial charge >= 0.3 is 0 Å². The lowest BCUT2D eigenvalue weighted by molar-refractivity contribution is -0.570. The van der Waals surface area contributed by atoms with E-state index in [9.17, 15) is 5.48 Å². The highest BCUT2D eigenvalue weighted by Crippen LogP contribution is 2.48. The summed E-state index contributed by atoms with van der Waals surface area (Å²) in [6, 6.07) is 46.4. The second-order valence-electron chi connectivity index (χ2n) is 18.2. The summed E-state index contributed by atoms with van der Waals surface area (Å²) in [5.41, 5.74) is 10.1. The number of nitrogens with zero attached hydrogens (tertiary/aromatic N) is 4. The lowest BCUT2D eigenvalue weighted by Crippen LogP contribution is -2.32. The number of aromatic nitrogens is 4. The van der Waals surface area contributed by atoms with E-state index in [0.717, 1.165) is 44.3 Å². The quantitative estimate of drug-likeness (QED) is 0.123. The van der Waals surface area contributed by atoms with Gasteiger partial charge in [0.2, 0.25) is 0 Å². The Hall–Kier alpha value is -8.80. The summed E-state index contributed by atoms with van der Waals surface area (Å²) in [7, 11) is 0. The Kier molecular flexibility index (Phi) is 7.21. The summed E-state index contributed by atoms with van der Waals surface area (Å²) in [4.78, 5) is 4.87. The highest BCUT2D eigenvalue weighted by Gasteiger charge is 2.28. The van der Waals surface area contributed by atoms with Gasteiger partial charge in [0, 0.05) is 23.0 Å². The van der Waals surface area contributed by atoms with Crippen molar-refractivity contribution < 1.29 is 23.0 Å². The van der Waals surface area contributed by atoms with Gasteiger partial charge in [-0.1, -0.05) is 184 Å². The predicted molar refractivity (Wildman–Crippen MR) is 282 cm³/mol. The fourth-order valence-electron chi connectivity index (χ4n) is 10.0. The fraction of sp³-hybridized carbons (Fsp3) is 0.0625. The number of ether oxygens (including phenoxy) is 1. The first-order chi connectivity index (χ1) is 38.0. The summed E-state index contributed by atoms with van der Waals surface area (Å²) in [6.45, 7) is 6.56. The van der Waals surface area contributed by atoms with Crippen molar-refractivity contribution in [1.82, 2.24) is 14.1 Å². The van der Waals surface area contributed by atoms with Crippen molar-refractivity contribution in [2.75, 3.05) is 0 Å². The molecule has 1 aliphatic rings. The molecule has 0 N–H and O–H groups in total. The van der Waals surface area contributed by atoms with Gasteiger partial charge in [0.15, 0.2) is 0 Å².